The van der Waals surface area contributed by atoms with Crippen LogP contribution in [0.25, 0.3) is 22.2 Å². The lowest BCUT2D eigenvalue weighted by molar-refractivity contribution is 0.623. The molecule has 130 valence electrons. The Bertz CT molecular complexity index is 1040. The third kappa shape index (κ3) is 3.39. The molecule has 0 bridgehead atoms. The van der Waals surface area contributed by atoms with Crippen molar-refractivity contribution >= 4 is 33.6 Å². The molecular formula is C21H20N4S. The van der Waals surface area contributed by atoms with Crippen molar-refractivity contribution in [3.63, 3.8) is 0 Å². The van der Waals surface area contributed by atoms with Crippen LogP contribution in [-0.4, -0.2) is 15.8 Å². The number of rotatable bonds is 5. The van der Waals surface area contributed by atoms with Gasteiger partial charge in [-0.3, -0.25) is 5.43 Å². The number of thiazole rings is 1. The molecule has 4 nitrogen and oxygen atoms in total. The van der Waals surface area contributed by atoms with E-state index in [1.54, 1.807) is 11.3 Å². The fourth-order valence-electron chi connectivity index (χ4n) is 2.93. The molecule has 2 aromatic heterocycles. The Hall–Kier alpha value is -2.92. The predicted molar refractivity (Wildman–Crippen MR) is 111 cm³/mol. The first kappa shape index (κ1) is 16.5. The fraction of sp³-hybridized carbons (Fsp3) is 0.143. The van der Waals surface area contributed by atoms with Crippen molar-refractivity contribution in [1.82, 2.24) is 9.55 Å². The molecule has 4 rings (SSSR count). The van der Waals surface area contributed by atoms with Crippen LogP contribution in [0.15, 0.2) is 71.3 Å². The van der Waals surface area contributed by atoms with E-state index in [4.69, 9.17) is 0 Å². The molecule has 0 spiro atoms. The van der Waals surface area contributed by atoms with E-state index in [2.05, 4.69) is 76.5 Å². The van der Waals surface area contributed by atoms with Gasteiger partial charge in [-0.05, 0) is 36.9 Å². The van der Waals surface area contributed by atoms with Crippen molar-refractivity contribution in [2.75, 3.05) is 5.43 Å². The number of hydrazone groups is 1. The number of anilines is 1. The highest BCUT2D eigenvalue weighted by Gasteiger charge is 2.05. The van der Waals surface area contributed by atoms with Gasteiger partial charge >= 0.3 is 0 Å². The first-order chi connectivity index (χ1) is 12.7. The van der Waals surface area contributed by atoms with E-state index in [1.807, 2.05) is 29.8 Å². The molecule has 0 aliphatic rings. The van der Waals surface area contributed by atoms with Crippen LogP contribution in [0.3, 0.4) is 0 Å². The highest BCUT2D eigenvalue weighted by atomic mass is 32.1. The van der Waals surface area contributed by atoms with Crippen LogP contribution in [0.5, 0.6) is 0 Å². The first-order valence-electron chi connectivity index (χ1n) is 8.61. The first-order valence-corrected chi connectivity index (χ1v) is 9.49. The number of nitrogens with zero attached hydrogens (tertiary/aromatic N) is 3. The van der Waals surface area contributed by atoms with Gasteiger partial charge in [-0.2, -0.15) is 5.10 Å². The third-order valence-corrected chi connectivity index (χ3v) is 5.00. The molecule has 0 unspecified atom stereocenters. The molecular weight excluding hydrogens is 340 g/mol. The number of hydrogen-bond acceptors (Lipinski definition) is 4. The molecule has 0 saturated carbocycles. The Morgan fingerprint density at radius 2 is 1.96 bits per heavy atom. The van der Waals surface area contributed by atoms with Gasteiger partial charge in [0.2, 0.25) is 5.13 Å². The lowest BCUT2D eigenvalue weighted by Gasteiger charge is -2.09. The molecule has 2 heterocycles. The summed E-state index contributed by atoms with van der Waals surface area (Å²) >= 11 is 1.55. The van der Waals surface area contributed by atoms with Gasteiger partial charge in [0.1, 0.15) is 0 Å². The van der Waals surface area contributed by atoms with Crippen LogP contribution in [-0.2, 0) is 0 Å². The second kappa shape index (κ2) is 7.14. The van der Waals surface area contributed by atoms with Gasteiger partial charge < -0.3 is 4.57 Å². The van der Waals surface area contributed by atoms with E-state index in [0.29, 0.717) is 6.04 Å². The lowest BCUT2D eigenvalue weighted by Crippen LogP contribution is -1.98. The van der Waals surface area contributed by atoms with E-state index in [9.17, 15) is 0 Å². The molecule has 0 amide bonds. The highest BCUT2D eigenvalue weighted by Crippen LogP contribution is 2.24. The molecule has 5 heteroatoms. The minimum absolute atomic E-state index is 0.435. The molecule has 4 aromatic rings. The highest BCUT2D eigenvalue weighted by molar-refractivity contribution is 7.14. The quantitative estimate of drug-likeness (QED) is 0.361. The Labute approximate surface area is 156 Å². The van der Waals surface area contributed by atoms with Gasteiger partial charge in [0.25, 0.3) is 0 Å². The molecule has 0 fully saturated rings. The molecule has 2 aromatic carbocycles. The van der Waals surface area contributed by atoms with Gasteiger partial charge in [0.05, 0.1) is 11.9 Å². The van der Waals surface area contributed by atoms with Crippen LogP contribution in [0.4, 0.5) is 5.13 Å². The summed E-state index contributed by atoms with van der Waals surface area (Å²) in [6.07, 6.45) is 3.97. The summed E-state index contributed by atoms with van der Waals surface area (Å²) in [4.78, 5) is 4.58. The van der Waals surface area contributed by atoms with Crippen LogP contribution in [0.1, 0.15) is 25.5 Å². The van der Waals surface area contributed by atoms with Gasteiger partial charge in [-0.25, -0.2) is 4.98 Å². The minimum atomic E-state index is 0.435. The second-order valence-electron chi connectivity index (χ2n) is 6.41. The Morgan fingerprint density at radius 1 is 1.12 bits per heavy atom. The lowest BCUT2D eigenvalue weighted by atomic mass is 10.2. The SMILES string of the molecule is CC(C)n1ccc2ccc(C=NNc3nc(-c4ccccc4)cs3)cc21. The van der Waals surface area contributed by atoms with Gasteiger partial charge in [-0.15, -0.1) is 11.3 Å². The maximum atomic E-state index is 4.58. The molecule has 0 aliphatic carbocycles. The molecule has 1 N–H and O–H groups in total. The molecule has 0 radical (unpaired) electrons. The summed E-state index contributed by atoms with van der Waals surface area (Å²) in [7, 11) is 0. The van der Waals surface area contributed by atoms with Gasteiger partial charge in [0, 0.05) is 28.7 Å². The summed E-state index contributed by atoms with van der Waals surface area (Å²) < 4.78 is 2.27. The number of aromatic nitrogens is 2. The Balaban J connectivity index is 1.50. The zero-order chi connectivity index (χ0) is 17.9. The summed E-state index contributed by atoms with van der Waals surface area (Å²) in [6, 6.07) is 19.1. The standard InChI is InChI=1S/C21H20N4S/c1-15(2)25-11-10-18-9-8-16(12-20(18)25)13-22-24-21-23-19(14-26-21)17-6-4-3-5-7-17/h3-15H,1-2H3,(H,23,24). The number of benzene rings is 2. The average Bonchev–Trinajstić information content (AvgIpc) is 3.29. The van der Waals surface area contributed by atoms with Crippen LogP contribution in [0, 0.1) is 0 Å². The van der Waals surface area contributed by atoms with Crippen molar-refractivity contribution in [3.05, 3.63) is 71.7 Å². The molecule has 26 heavy (non-hydrogen) atoms. The van der Waals surface area contributed by atoms with E-state index in [-0.39, 0.29) is 0 Å². The largest absolute Gasteiger partial charge is 0.345 e. The number of hydrogen-bond donors (Lipinski definition) is 1. The molecule has 0 aliphatic heterocycles. The average molecular weight is 360 g/mol. The minimum Gasteiger partial charge on any atom is -0.345 e. The zero-order valence-electron chi connectivity index (χ0n) is 14.8. The maximum absolute atomic E-state index is 4.58. The fourth-order valence-corrected chi connectivity index (χ4v) is 3.59. The van der Waals surface area contributed by atoms with Gasteiger partial charge in [-0.1, -0.05) is 42.5 Å². The predicted octanol–water partition coefficient (Wildman–Crippen LogP) is 5.79. The van der Waals surface area contributed by atoms with Crippen LogP contribution < -0.4 is 5.43 Å². The van der Waals surface area contributed by atoms with Crippen molar-refractivity contribution in [3.8, 4) is 11.3 Å². The summed E-state index contributed by atoms with van der Waals surface area (Å²) in [5.41, 5.74) is 7.39. The molecule has 0 saturated heterocycles. The topological polar surface area (TPSA) is 42.2 Å². The summed E-state index contributed by atoms with van der Waals surface area (Å²) in [5.74, 6) is 0. The maximum Gasteiger partial charge on any atom is 0.203 e. The number of nitrogens with one attached hydrogen (secondary N) is 1. The zero-order valence-corrected chi connectivity index (χ0v) is 15.6. The third-order valence-electron chi connectivity index (χ3n) is 4.25. The van der Waals surface area contributed by atoms with E-state index < -0.39 is 0 Å². The molecule has 0 atom stereocenters. The monoisotopic (exact) mass is 360 g/mol. The normalized spacial score (nSPS) is 11.7. The summed E-state index contributed by atoms with van der Waals surface area (Å²) in [5, 5.41) is 8.42. The van der Waals surface area contributed by atoms with Crippen molar-refractivity contribution in [2.24, 2.45) is 5.10 Å². The number of fused-ring (bicyclic) bond motifs is 1. The Kier molecular flexibility index (Phi) is 4.54. The van der Waals surface area contributed by atoms with E-state index in [1.165, 1.54) is 10.9 Å². The van der Waals surface area contributed by atoms with Crippen molar-refractivity contribution in [1.29, 1.82) is 0 Å². The van der Waals surface area contributed by atoms with E-state index >= 15 is 0 Å². The van der Waals surface area contributed by atoms with Crippen LogP contribution >= 0.6 is 11.3 Å². The van der Waals surface area contributed by atoms with E-state index in [0.717, 1.165) is 22.0 Å². The van der Waals surface area contributed by atoms with Crippen LogP contribution in [0.2, 0.25) is 0 Å². The second-order valence-corrected chi connectivity index (χ2v) is 7.27. The smallest absolute Gasteiger partial charge is 0.203 e. The summed E-state index contributed by atoms with van der Waals surface area (Å²) in [6.45, 7) is 4.38. The van der Waals surface area contributed by atoms with Crippen molar-refractivity contribution < 1.29 is 0 Å². The van der Waals surface area contributed by atoms with Gasteiger partial charge in [0.15, 0.2) is 0 Å². The Morgan fingerprint density at radius 3 is 2.77 bits per heavy atom. The van der Waals surface area contributed by atoms with Crippen molar-refractivity contribution in [2.45, 2.75) is 19.9 Å².